The maximum absolute atomic E-state index is 12.7. The molecule has 1 aliphatic heterocycles. The molecule has 2 atom stereocenters. The average Bonchev–Trinajstić information content (AvgIpc) is 2.32. The van der Waals surface area contributed by atoms with Crippen LogP contribution >= 0.6 is 11.6 Å². The number of rotatable bonds is 2. The first-order valence-corrected chi connectivity index (χ1v) is 6.98. The second-order valence-electron chi connectivity index (χ2n) is 5.42. The molecule has 1 fully saturated rings. The van der Waals surface area contributed by atoms with E-state index in [9.17, 15) is 13.2 Å². The molecule has 1 heterocycles. The Morgan fingerprint density at radius 1 is 1.30 bits per heavy atom. The highest BCUT2D eigenvalue weighted by atomic mass is 35.5. The number of hydrogen-bond acceptors (Lipinski definition) is 2. The van der Waals surface area contributed by atoms with Crippen LogP contribution in [0.25, 0.3) is 0 Å². The molecular weight excluding hydrogens is 289 g/mol. The Hall–Kier alpha value is -0.940. The van der Waals surface area contributed by atoms with E-state index in [0.717, 1.165) is 31.5 Å². The van der Waals surface area contributed by atoms with Crippen LogP contribution in [0, 0.1) is 0 Å². The van der Waals surface area contributed by atoms with Gasteiger partial charge in [0.25, 0.3) is 0 Å². The van der Waals surface area contributed by atoms with E-state index in [1.54, 1.807) is 6.07 Å². The second kappa shape index (κ2) is 5.82. The van der Waals surface area contributed by atoms with Crippen LogP contribution in [0.15, 0.2) is 18.2 Å². The van der Waals surface area contributed by atoms with Crippen LogP contribution in [-0.2, 0) is 6.18 Å². The number of piperidine rings is 1. The summed E-state index contributed by atoms with van der Waals surface area (Å²) < 4.78 is 38.2. The standard InChI is InChI=1S/C14H18ClF3N2/c1-9-5-12(3-4-20(9)2)19-13-7-10(14(16,17)18)6-11(15)8-13/h6-9,12,19H,3-5H2,1-2H3. The van der Waals surface area contributed by atoms with Gasteiger partial charge in [-0.25, -0.2) is 0 Å². The molecule has 0 aromatic heterocycles. The van der Waals surface area contributed by atoms with Crippen molar-refractivity contribution < 1.29 is 13.2 Å². The summed E-state index contributed by atoms with van der Waals surface area (Å²) in [5, 5.41) is 3.27. The van der Waals surface area contributed by atoms with Gasteiger partial charge in [0.1, 0.15) is 0 Å². The molecule has 2 nitrogen and oxygen atoms in total. The highest BCUT2D eigenvalue weighted by Crippen LogP contribution is 2.34. The van der Waals surface area contributed by atoms with E-state index in [4.69, 9.17) is 11.6 Å². The van der Waals surface area contributed by atoms with E-state index in [-0.39, 0.29) is 11.1 Å². The Bertz CT molecular complexity index is 476. The number of benzene rings is 1. The lowest BCUT2D eigenvalue weighted by Crippen LogP contribution is -2.42. The Kier molecular flexibility index (Phi) is 4.49. The zero-order chi connectivity index (χ0) is 14.9. The highest BCUT2D eigenvalue weighted by molar-refractivity contribution is 6.30. The third kappa shape index (κ3) is 3.79. The fourth-order valence-electron chi connectivity index (χ4n) is 2.49. The summed E-state index contributed by atoms with van der Waals surface area (Å²) in [6.45, 7) is 3.05. The van der Waals surface area contributed by atoms with Gasteiger partial charge < -0.3 is 10.2 Å². The van der Waals surface area contributed by atoms with E-state index in [1.165, 1.54) is 0 Å². The van der Waals surface area contributed by atoms with Crippen LogP contribution in [0.4, 0.5) is 18.9 Å². The molecule has 1 N–H and O–H groups in total. The predicted molar refractivity (Wildman–Crippen MR) is 75.2 cm³/mol. The number of anilines is 1. The maximum Gasteiger partial charge on any atom is 0.416 e. The summed E-state index contributed by atoms with van der Waals surface area (Å²) >= 11 is 5.78. The van der Waals surface area contributed by atoms with Gasteiger partial charge in [0.2, 0.25) is 0 Å². The van der Waals surface area contributed by atoms with Crippen molar-refractivity contribution in [2.45, 2.75) is 38.0 Å². The Balaban J connectivity index is 2.12. The van der Waals surface area contributed by atoms with Gasteiger partial charge in [-0.3, -0.25) is 0 Å². The number of nitrogens with one attached hydrogen (secondary N) is 1. The molecule has 0 spiro atoms. The number of alkyl halides is 3. The van der Waals surface area contributed by atoms with Gasteiger partial charge in [-0.1, -0.05) is 11.6 Å². The quantitative estimate of drug-likeness (QED) is 0.878. The van der Waals surface area contributed by atoms with Crippen LogP contribution in [-0.4, -0.2) is 30.6 Å². The topological polar surface area (TPSA) is 15.3 Å². The van der Waals surface area contributed by atoms with Crippen LogP contribution in [0.1, 0.15) is 25.3 Å². The summed E-state index contributed by atoms with van der Waals surface area (Å²) in [6, 6.07) is 4.21. The van der Waals surface area contributed by atoms with Crippen LogP contribution < -0.4 is 5.32 Å². The van der Waals surface area contributed by atoms with Gasteiger partial charge in [0.05, 0.1) is 5.56 Å². The molecule has 1 aromatic rings. The average molecular weight is 307 g/mol. The van der Waals surface area contributed by atoms with Crippen LogP contribution in [0.2, 0.25) is 5.02 Å². The first kappa shape index (κ1) is 15.4. The first-order valence-electron chi connectivity index (χ1n) is 6.60. The van der Waals surface area contributed by atoms with Crippen molar-refractivity contribution in [2.75, 3.05) is 18.9 Å². The summed E-state index contributed by atoms with van der Waals surface area (Å²) in [5.74, 6) is 0. The molecule has 20 heavy (non-hydrogen) atoms. The number of likely N-dealkylation sites (tertiary alicyclic amines) is 1. The lowest BCUT2D eigenvalue weighted by atomic mass is 9.98. The molecule has 0 aliphatic carbocycles. The third-order valence-corrected chi connectivity index (χ3v) is 4.02. The van der Waals surface area contributed by atoms with E-state index in [0.29, 0.717) is 11.7 Å². The fourth-order valence-corrected chi connectivity index (χ4v) is 2.73. The lowest BCUT2D eigenvalue weighted by Gasteiger charge is -2.35. The van der Waals surface area contributed by atoms with Gasteiger partial charge in [-0.2, -0.15) is 13.2 Å². The highest BCUT2D eigenvalue weighted by Gasteiger charge is 2.31. The van der Waals surface area contributed by atoms with E-state index < -0.39 is 11.7 Å². The van der Waals surface area contributed by atoms with Crippen molar-refractivity contribution in [1.29, 1.82) is 0 Å². The first-order chi connectivity index (χ1) is 9.25. The molecule has 1 aliphatic rings. The largest absolute Gasteiger partial charge is 0.416 e. The van der Waals surface area contributed by atoms with Gasteiger partial charge in [0.15, 0.2) is 0 Å². The predicted octanol–water partition coefficient (Wildman–Crippen LogP) is 4.25. The van der Waals surface area contributed by atoms with Crippen molar-refractivity contribution in [3.8, 4) is 0 Å². The lowest BCUT2D eigenvalue weighted by molar-refractivity contribution is -0.137. The molecule has 0 amide bonds. The Labute approximate surface area is 121 Å². The normalized spacial score (nSPS) is 24.7. The van der Waals surface area contributed by atoms with Gasteiger partial charge in [-0.15, -0.1) is 0 Å². The minimum atomic E-state index is -4.37. The molecule has 0 bridgehead atoms. The number of hydrogen-bond donors (Lipinski definition) is 1. The zero-order valence-electron chi connectivity index (χ0n) is 11.5. The number of nitrogens with zero attached hydrogens (tertiary/aromatic N) is 1. The van der Waals surface area contributed by atoms with Crippen LogP contribution in [0.5, 0.6) is 0 Å². The molecule has 6 heteroatoms. The second-order valence-corrected chi connectivity index (χ2v) is 5.86. The molecule has 1 saturated heterocycles. The van der Waals surface area contributed by atoms with Crippen molar-refractivity contribution in [3.05, 3.63) is 28.8 Å². The fraction of sp³-hybridized carbons (Fsp3) is 0.571. The molecule has 2 unspecified atom stereocenters. The maximum atomic E-state index is 12.7. The molecular formula is C14H18ClF3N2. The monoisotopic (exact) mass is 306 g/mol. The molecule has 2 rings (SSSR count). The van der Waals surface area contributed by atoms with E-state index in [1.807, 2.05) is 0 Å². The van der Waals surface area contributed by atoms with Crippen molar-refractivity contribution in [1.82, 2.24) is 4.90 Å². The molecule has 0 radical (unpaired) electrons. The molecule has 0 saturated carbocycles. The van der Waals surface area contributed by atoms with Crippen molar-refractivity contribution >= 4 is 17.3 Å². The minimum absolute atomic E-state index is 0.100. The molecule has 112 valence electrons. The van der Waals surface area contributed by atoms with E-state index in [2.05, 4.69) is 24.2 Å². The summed E-state index contributed by atoms with van der Waals surface area (Å²) in [5.41, 5.74) is -0.278. The molecule has 1 aromatic carbocycles. The summed E-state index contributed by atoms with van der Waals surface area (Å²) in [6.07, 6.45) is -2.56. The zero-order valence-corrected chi connectivity index (χ0v) is 12.2. The Morgan fingerprint density at radius 2 is 2.00 bits per heavy atom. The van der Waals surface area contributed by atoms with Crippen molar-refractivity contribution in [3.63, 3.8) is 0 Å². The summed E-state index contributed by atoms with van der Waals surface area (Å²) in [4.78, 5) is 2.25. The Morgan fingerprint density at radius 3 is 2.60 bits per heavy atom. The van der Waals surface area contributed by atoms with Crippen LogP contribution in [0.3, 0.4) is 0 Å². The number of halogens is 4. The third-order valence-electron chi connectivity index (χ3n) is 3.80. The smallest absolute Gasteiger partial charge is 0.382 e. The van der Waals surface area contributed by atoms with Gasteiger partial charge >= 0.3 is 6.18 Å². The van der Waals surface area contributed by atoms with E-state index >= 15 is 0 Å². The summed E-state index contributed by atoms with van der Waals surface area (Å²) in [7, 11) is 2.06. The SMILES string of the molecule is CC1CC(Nc2cc(Cl)cc(C(F)(F)F)c2)CCN1C. The van der Waals surface area contributed by atoms with Gasteiger partial charge in [0, 0.05) is 29.3 Å². The van der Waals surface area contributed by atoms with Gasteiger partial charge in [-0.05, 0) is 45.0 Å². The minimum Gasteiger partial charge on any atom is -0.382 e. The van der Waals surface area contributed by atoms with Crippen molar-refractivity contribution in [2.24, 2.45) is 0 Å².